The molecule has 0 unspecified atom stereocenters. The number of hydrogen-bond acceptors (Lipinski definition) is 3. The van der Waals surface area contributed by atoms with E-state index in [9.17, 15) is 9.18 Å². The Morgan fingerprint density at radius 2 is 1.77 bits per heavy atom. The number of carbonyl (C=O) groups is 1. The Balaban J connectivity index is 2.13. The zero-order valence-electron chi connectivity index (χ0n) is 12.2. The zero-order valence-corrected chi connectivity index (χ0v) is 13.7. The molecule has 4 nitrogen and oxygen atoms in total. The molecule has 0 aromatic heterocycles. The van der Waals surface area contributed by atoms with Crippen molar-refractivity contribution in [3.05, 3.63) is 57.8 Å². The second-order valence-corrected chi connectivity index (χ2v) is 5.44. The third-order valence-corrected chi connectivity index (χ3v) is 3.55. The van der Waals surface area contributed by atoms with Gasteiger partial charge in [-0.2, -0.15) is 0 Å². The van der Waals surface area contributed by atoms with Crippen LogP contribution >= 0.6 is 15.9 Å². The van der Waals surface area contributed by atoms with Gasteiger partial charge in [0, 0.05) is 28.2 Å². The summed E-state index contributed by atoms with van der Waals surface area (Å²) in [5, 5.41) is 2.68. The van der Waals surface area contributed by atoms with Crippen LogP contribution in [0.5, 0.6) is 11.5 Å². The van der Waals surface area contributed by atoms with Crippen LogP contribution in [0.3, 0.4) is 0 Å². The maximum atomic E-state index is 13.6. The maximum absolute atomic E-state index is 13.6. The predicted molar refractivity (Wildman–Crippen MR) is 84.8 cm³/mol. The highest BCUT2D eigenvalue weighted by Crippen LogP contribution is 2.22. The van der Waals surface area contributed by atoms with Crippen molar-refractivity contribution >= 4 is 21.8 Å². The molecule has 22 heavy (non-hydrogen) atoms. The Hall–Kier alpha value is -2.08. The van der Waals surface area contributed by atoms with Crippen LogP contribution in [-0.2, 0) is 6.54 Å². The van der Waals surface area contributed by atoms with E-state index in [-0.39, 0.29) is 18.3 Å². The summed E-state index contributed by atoms with van der Waals surface area (Å²) in [6.07, 6.45) is 0. The van der Waals surface area contributed by atoms with Crippen LogP contribution in [0.25, 0.3) is 0 Å². The molecule has 2 aromatic carbocycles. The molecule has 0 bridgehead atoms. The van der Waals surface area contributed by atoms with Gasteiger partial charge in [0.05, 0.1) is 14.2 Å². The van der Waals surface area contributed by atoms with Gasteiger partial charge >= 0.3 is 0 Å². The first-order valence-corrected chi connectivity index (χ1v) is 7.28. The minimum Gasteiger partial charge on any atom is -0.497 e. The highest BCUT2D eigenvalue weighted by Gasteiger charge is 2.11. The third kappa shape index (κ3) is 3.98. The van der Waals surface area contributed by atoms with E-state index >= 15 is 0 Å². The average Bonchev–Trinajstić information content (AvgIpc) is 2.54. The summed E-state index contributed by atoms with van der Waals surface area (Å²) in [5.41, 5.74) is 0.782. The second kappa shape index (κ2) is 7.26. The van der Waals surface area contributed by atoms with Gasteiger partial charge in [0.2, 0.25) is 0 Å². The largest absolute Gasteiger partial charge is 0.497 e. The van der Waals surface area contributed by atoms with Gasteiger partial charge < -0.3 is 14.8 Å². The normalized spacial score (nSPS) is 10.2. The fourth-order valence-electron chi connectivity index (χ4n) is 1.89. The van der Waals surface area contributed by atoms with Crippen molar-refractivity contribution < 1.29 is 18.7 Å². The molecule has 0 fully saturated rings. The van der Waals surface area contributed by atoms with Crippen LogP contribution in [0.4, 0.5) is 4.39 Å². The summed E-state index contributed by atoms with van der Waals surface area (Å²) in [4.78, 5) is 12.2. The van der Waals surface area contributed by atoms with Crippen LogP contribution in [-0.4, -0.2) is 20.1 Å². The molecule has 116 valence electrons. The molecular weight excluding hydrogens is 353 g/mol. The minimum atomic E-state index is -0.369. The summed E-state index contributed by atoms with van der Waals surface area (Å²) in [6.45, 7) is 0.0869. The molecule has 0 atom stereocenters. The number of methoxy groups -OCH3 is 2. The van der Waals surface area contributed by atoms with Gasteiger partial charge in [0.25, 0.3) is 5.91 Å². The molecule has 0 spiro atoms. The van der Waals surface area contributed by atoms with Gasteiger partial charge in [0.15, 0.2) is 0 Å². The van der Waals surface area contributed by atoms with Crippen LogP contribution in [0.2, 0.25) is 0 Å². The molecule has 2 aromatic rings. The summed E-state index contributed by atoms with van der Waals surface area (Å²) in [6, 6.07) is 9.44. The number of amides is 1. The molecule has 0 saturated heterocycles. The third-order valence-electron chi connectivity index (χ3n) is 3.06. The molecule has 2 rings (SSSR count). The van der Waals surface area contributed by atoms with Gasteiger partial charge in [-0.25, -0.2) is 4.39 Å². The monoisotopic (exact) mass is 367 g/mol. The Kier molecular flexibility index (Phi) is 5.38. The van der Waals surface area contributed by atoms with Crippen molar-refractivity contribution in [2.24, 2.45) is 0 Å². The molecule has 0 heterocycles. The smallest absolute Gasteiger partial charge is 0.251 e. The highest BCUT2D eigenvalue weighted by molar-refractivity contribution is 9.10. The molecule has 0 aliphatic rings. The Morgan fingerprint density at radius 1 is 1.14 bits per heavy atom. The summed E-state index contributed by atoms with van der Waals surface area (Å²) >= 11 is 3.27. The Morgan fingerprint density at radius 3 is 2.36 bits per heavy atom. The van der Waals surface area contributed by atoms with Gasteiger partial charge in [-0.1, -0.05) is 15.9 Å². The fourth-order valence-corrected chi connectivity index (χ4v) is 2.30. The number of ether oxygens (including phenoxy) is 2. The molecular formula is C16H15BrFNO3. The first kappa shape index (κ1) is 16.3. The molecule has 0 aliphatic heterocycles. The molecule has 6 heteroatoms. The predicted octanol–water partition coefficient (Wildman–Crippen LogP) is 3.54. The van der Waals surface area contributed by atoms with Gasteiger partial charge in [0.1, 0.15) is 17.3 Å². The second-order valence-electron chi connectivity index (χ2n) is 4.52. The molecule has 1 amide bonds. The van der Waals surface area contributed by atoms with Gasteiger partial charge in [-0.15, -0.1) is 0 Å². The van der Waals surface area contributed by atoms with Crippen molar-refractivity contribution in [3.63, 3.8) is 0 Å². The highest BCUT2D eigenvalue weighted by atomic mass is 79.9. The van der Waals surface area contributed by atoms with Crippen LogP contribution in [0.1, 0.15) is 15.9 Å². The van der Waals surface area contributed by atoms with E-state index in [2.05, 4.69) is 21.2 Å². The SMILES string of the molecule is COc1cc(OC)cc(C(=O)NCc2cc(Br)ccc2F)c1. The fraction of sp³-hybridized carbons (Fsp3) is 0.188. The molecule has 0 radical (unpaired) electrons. The van der Waals surface area contributed by atoms with Gasteiger partial charge in [-0.3, -0.25) is 4.79 Å². The first-order chi connectivity index (χ1) is 10.5. The quantitative estimate of drug-likeness (QED) is 0.879. The topological polar surface area (TPSA) is 47.6 Å². The number of carbonyl (C=O) groups excluding carboxylic acids is 1. The van der Waals surface area contributed by atoms with E-state index in [0.29, 0.717) is 22.6 Å². The zero-order chi connectivity index (χ0) is 16.1. The van der Waals surface area contributed by atoms with Crippen molar-refractivity contribution in [3.8, 4) is 11.5 Å². The van der Waals surface area contributed by atoms with Crippen molar-refractivity contribution in [2.75, 3.05) is 14.2 Å². The Bertz CT molecular complexity index is 669. The van der Waals surface area contributed by atoms with Crippen molar-refractivity contribution in [2.45, 2.75) is 6.54 Å². The van der Waals surface area contributed by atoms with E-state index in [4.69, 9.17) is 9.47 Å². The molecule has 0 aliphatic carbocycles. The lowest BCUT2D eigenvalue weighted by molar-refractivity contribution is 0.0950. The number of benzene rings is 2. The van der Waals surface area contributed by atoms with Crippen molar-refractivity contribution in [1.29, 1.82) is 0 Å². The van der Waals surface area contributed by atoms with E-state index in [1.807, 2.05) is 0 Å². The number of rotatable bonds is 5. The molecule has 1 N–H and O–H groups in total. The lowest BCUT2D eigenvalue weighted by atomic mass is 10.1. The van der Waals surface area contributed by atoms with E-state index in [0.717, 1.165) is 4.47 Å². The first-order valence-electron chi connectivity index (χ1n) is 6.48. The van der Waals surface area contributed by atoms with E-state index in [1.165, 1.54) is 20.3 Å². The van der Waals surface area contributed by atoms with Gasteiger partial charge in [-0.05, 0) is 30.3 Å². The summed E-state index contributed by atoms with van der Waals surface area (Å²) in [7, 11) is 3.01. The lowest BCUT2D eigenvalue weighted by Crippen LogP contribution is -2.23. The van der Waals surface area contributed by atoms with Crippen LogP contribution in [0, 0.1) is 5.82 Å². The summed E-state index contributed by atoms with van der Waals surface area (Å²) in [5.74, 6) is 0.319. The number of nitrogens with one attached hydrogen (secondary N) is 1. The number of halogens is 2. The standard InChI is InChI=1S/C16H15BrFNO3/c1-21-13-6-10(7-14(8-13)22-2)16(20)19-9-11-5-12(17)3-4-15(11)18/h3-8H,9H2,1-2H3,(H,19,20). The average molecular weight is 368 g/mol. The van der Waals surface area contributed by atoms with Crippen LogP contribution < -0.4 is 14.8 Å². The van der Waals surface area contributed by atoms with E-state index < -0.39 is 0 Å². The summed E-state index contributed by atoms with van der Waals surface area (Å²) < 4.78 is 24.6. The lowest BCUT2D eigenvalue weighted by Gasteiger charge is -2.10. The van der Waals surface area contributed by atoms with Crippen molar-refractivity contribution in [1.82, 2.24) is 5.32 Å². The Labute approximate surface area is 136 Å². The van der Waals surface area contributed by atoms with E-state index in [1.54, 1.807) is 30.3 Å². The molecule has 0 saturated carbocycles. The number of hydrogen-bond donors (Lipinski definition) is 1. The minimum absolute atomic E-state index is 0.0869. The van der Waals surface area contributed by atoms with Crippen LogP contribution in [0.15, 0.2) is 40.9 Å². The maximum Gasteiger partial charge on any atom is 0.251 e.